The average molecular weight is 940 g/mol. The molecule has 0 bridgehead atoms. The van der Waals surface area contributed by atoms with Crippen LogP contribution in [-0.4, -0.2) is 0 Å². The Labute approximate surface area is 428 Å². The number of rotatable bonds is 19. The Kier molecular flexibility index (Phi) is 74.2. The SMILES string of the molecule is CC(C)C.CC(C)C(C)C.CC(C)C1CC1.CC(C)C1CCC1.CC(C)C1CCCC1.CCC(C)C.CCCC(C)C.CCCCC(C)C.CCCCCC(C)C.CCCCCCC(C)C. The van der Waals surface area contributed by atoms with Gasteiger partial charge in [-0.1, -0.05) is 335 Å². The van der Waals surface area contributed by atoms with Crippen molar-refractivity contribution in [2.24, 2.45) is 82.9 Å². The van der Waals surface area contributed by atoms with E-state index in [4.69, 9.17) is 0 Å². The lowest BCUT2D eigenvalue weighted by atomic mass is 9.78. The van der Waals surface area contributed by atoms with Gasteiger partial charge in [-0.2, -0.15) is 0 Å². The fourth-order valence-electron chi connectivity index (χ4n) is 6.47. The van der Waals surface area contributed by atoms with Gasteiger partial charge in [0.25, 0.3) is 0 Å². The molecule has 0 aliphatic heterocycles. The van der Waals surface area contributed by atoms with Crippen LogP contribution in [0.4, 0.5) is 0 Å². The Hall–Kier alpha value is 0. The van der Waals surface area contributed by atoms with Gasteiger partial charge in [0.05, 0.1) is 0 Å². The van der Waals surface area contributed by atoms with Crippen LogP contribution < -0.4 is 0 Å². The summed E-state index contributed by atoms with van der Waals surface area (Å²) in [6, 6.07) is 0. The van der Waals surface area contributed by atoms with Gasteiger partial charge >= 0.3 is 0 Å². The molecule has 3 fully saturated rings. The highest BCUT2D eigenvalue weighted by atomic mass is 14.3. The van der Waals surface area contributed by atoms with Crippen molar-refractivity contribution in [3.8, 4) is 0 Å². The van der Waals surface area contributed by atoms with E-state index in [1.165, 1.54) is 154 Å². The first kappa shape index (κ1) is 80.1. The maximum Gasteiger partial charge on any atom is -0.0391 e. The van der Waals surface area contributed by atoms with Gasteiger partial charge in [-0.05, 0) is 95.7 Å². The molecule has 0 aromatic rings. The molecule has 3 aliphatic carbocycles. The molecule has 0 nitrogen and oxygen atoms in total. The first-order valence-corrected chi connectivity index (χ1v) is 30.6. The summed E-state index contributed by atoms with van der Waals surface area (Å²) in [6.45, 7) is 63.2. The van der Waals surface area contributed by atoms with Crippen LogP contribution in [0.1, 0.15) is 348 Å². The molecule has 410 valence electrons. The standard InChI is InChI=1S/C9H20.C8H16.C8H18.C7H14.C7H16.C6H12.2C6H14.C5H12.C4H10/c1-4-5-6-7-8-9(2)3;1-7(2)8-5-3-4-6-8;1-4-5-6-7-8(2)3;1-6(2)7-4-3-5-7;1-4-5-6-7(2)3;1-5(2)6-3-4-6;1-5(2)6(3)4;1-4-5-6(2)3;1-4-5(2)3;1-4(2)3/h9H,4-8H2,1-3H3;7-8H,3-6H2,1-2H3;8H,4-7H2,1-3H3;6-7H,3-5H2,1-2H3;7H,4-6H2,1-3H3;5-6H,3-4H2,1-2H3;5-6H,1-4H3;6H,4-5H2,1-3H3;5H,4H2,1-3H3;4H,1-3H3. The summed E-state index contributed by atoms with van der Waals surface area (Å²) in [5, 5.41) is 0. The van der Waals surface area contributed by atoms with Crippen LogP contribution >= 0.6 is 0 Å². The van der Waals surface area contributed by atoms with Crippen LogP contribution in [0, 0.1) is 82.9 Å². The van der Waals surface area contributed by atoms with Gasteiger partial charge in [-0.3, -0.25) is 0 Å². The molecular formula is C66H146. The van der Waals surface area contributed by atoms with Crippen LogP contribution in [0.5, 0.6) is 0 Å². The van der Waals surface area contributed by atoms with Crippen molar-refractivity contribution in [3.63, 3.8) is 0 Å². The van der Waals surface area contributed by atoms with E-state index in [1.807, 2.05) is 0 Å². The van der Waals surface area contributed by atoms with Crippen LogP contribution in [0.2, 0.25) is 0 Å². The Balaban J connectivity index is -0.000000118. The first-order chi connectivity index (χ1) is 30.6. The normalized spacial score (nSPS) is 14.2. The molecule has 3 rings (SSSR count). The molecule has 0 amide bonds. The summed E-state index contributed by atoms with van der Waals surface area (Å²) in [4.78, 5) is 0. The van der Waals surface area contributed by atoms with E-state index in [0.717, 1.165) is 82.9 Å². The van der Waals surface area contributed by atoms with Crippen LogP contribution in [0.15, 0.2) is 0 Å². The summed E-state index contributed by atoms with van der Waals surface area (Å²) < 4.78 is 0. The van der Waals surface area contributed by atoms with Crippen molar-refractivity contribution in [1.82, 2.24) is 0 Å². The van der Waals surface area contributed by atoms with Crippen LogP contribution in [-0.2, 0) is 0 Å². The Morgan fingerprint density at radius 2 is 0.530 bits per heavy atom. The fourth-order valence-corrected chi connectivity index (χ4v) is 6.47. The van der Waals surface area contributed by atoms with Crippen molar-refractivity contribution in [1.29, 1.82) is 0 Å². The minimum absolute atomic E-state index is 0.833. The van der Waals surface area contributed by atoms with E-state index in [-0.39, 0.29) is 0 Å². The topological polar surface area (TPSA) is 0 Å². The van der Waals surface area contributed by atoms with E-state index in [1.54, 1.807) is 0 Å². The summed E-state index contributed by atoms with van der Waals surface area (Å²) in [5.74, 6) is 13.1. The van der Waals surface area contributed by atoms with Crippen molar-refractivity contribution < 1.29 is 0 Å². The van der Waals surface area contributed by atoms with Gasteiger partial charge in [0.15, 0.2) is 0 Å². The smallest absolute Gasteiger partial charge is 0.0391 e. The van der Waals surface area contributed by atoms with Crippen molar-refractivity contribution >= 4 is 0 Å². The van der Waals surface area contributed by atoms with E-state index in [2.05, 4.69) is 194 Å². The minimum atomic E-state index is 0.833. The second-order valence-corrected chi connectivity index (χ2v) is 25.7. The van der Waals surface area contributed by atoms with Crippen molar-refractivity contribution in [3.05, 3.63) is 0 Å². The molecule has 0 radical (unpaired) electrons. The third-order valence-electron chi connectivity index (χ3n) is 13.2. The third kappa shape index (κ3) is 93.9. The van der Waals surface area contributed by atoms with Gasteiger partial charge in [0.1, 0.15) is 0 Å². The lowest BCUT2D eigenvalue weighted by Gasteiger charge is -2.28. The zero-order chi connectivity index (χ0) is 53.1. The van der Waals surface area contributed by atoms with Crippen LogP contribution in [0.3, 0.4) is 0 Å². The summed E-state index contributed by atoms with van der Waals surface area (Å²) in [5.41, 5.74) is 0. The minimum Gasteiger partial charge on any atom is -0.0654 e. The van der Waals surface area contributed by atoms with Gasteiger partial charge in [0.2, 0.25) is 0 Å². The van der Waals surface area contributed by atoms with Gasteiger partial charge in [-0.25, -0.2) is 0 Å². The molecule has 0 heteroatoms. The fraction of sp³-hybridized carbons (Fsp3) is 1.00. The highest BCUT2D eigenvalue weighted by molar-refractivity contribution is 4.75. The largest absolute Gasteiger partial charge is 0.0654 e. The number of hydrogen-bond donors (Lipinski definition) is 0. The second-order valence-electron chi connectivity index (χ2n) is 25.7. The molecule has 66 heavy (non-hydrogen) atoms. The average Bonchev–Trinajstić information content (AvgIpc) is 3.90. The Morgan fingerprint density at radius 3 is 0.667 bits per heavy atom. The van der Waals surface area contributed by atoms with Crippen molar-refractivity contribution in [2.45, 2.75) is 348 Å². The molecule has 0 unspecified atom stereocenters. The van der Waals surface area contributed by atoms with Crippen LogP contribution in [0.25, 0.3) is 0 Å². The molecular weight excluding hydrogens is 793 g/mol. The highest BCUT2D eigenvalue weighted by Crippen LogP contribution is 2.36. The Morgan fingerprint density at radius 1 is 0.273 bits per heavy atom. The predicted octanol–water partition coefficient (Wildman–Crippen LogP) is 25.5. The first-order valence-electron chi connectivity index (χ1n) is 30.6. The monoisotopic (exact) mass is 939 g/mol. The molecule has 3 aliphatic rings. The molecule has 0 spiro atoms. The zero-order valence-corrected chi connectivity index (χ0v) is 53.1. The van der Waals surface area contributed by atoms with E-state index < -0.39 is 0 Å². The number of hydrogen-bond acceptors (Lipinski definition) is 0. The molecule has 0 aromatic heterocycles. The molecule has 0 saturated heterocycles. The summed E-state index contributed by atoms with van der Waals surface area (Å²) in [6.07, 6.45) is 34.3. The third-order valence-corrected chi connectivity index (χ3v) is 13.2. The lowest BCUT2D eigenvalue weighted by molar-refractivity contribution is 0.235. The van der Waals surface area contributed by atoms with E-state index in [0.29, 0.717) is 0 Å². The maximum absolute atomic E-state index is 2.34. The molecule has 0 N–H and O–H groups in total. The maximum atomic E-state index is 2.34. The van der Waals surface area contributed by atoms with Gasteiger partial charge in [0, 0.05) is 0 Å². The zero-order valence-electron chi connectivity index (χ0n) is 53.1. The summed E-state index contributed by atoms with van der Waals surface area (Å²) in [7, 11) is 0. The Bertz CT molecular complexity index is 745. The molecule has 0 atom stereocenters. The summed E-state index contributed by atoms with van der Waals surface area (Å²) >= 11 is 0. The second kappa shape index (κ2) is 61.1. The molecule has 3 saturated carbocycles. The van der Waals surface area contributed by atoms with Gasteiger partial charge < -0.3 is 0 Å². The quantitative estimate of drug-likeness (QED) is 0.113. The number of unbranched alkanes of at least 4 members (excludes halogenated alkanes) is 6. The molecule has 0 aromatic carbocycles. The van der Waals surface area contributed by atoms with Gasteiger partial charge in [-0.15, -0.1) is 0 Å². The van der Waals surface area contributed by atoms with E-state index in [9.17, 15) is 0 Å². The predicted molar refractivity (Wildman–Crippen MR) is 319 cm³/mol. The molecule has 0 heterocycles. The lowest BCUT2D eigenvalue weighted by Crippen LogP contribution is -2.16. The highest BCUT2D eigenvalue weighted by Gasteiger charge is 2.24. The van der Waals surface area contributed by atoms with Crippen molar-refractivity contribution in [2.75, 3.05) is 0 Å². The van der Waals surface area contributed by atoms with E-state index >= 15 is 0 Å².